The lowest BCUT2D eigenvalue weighted by Gasteiger charge is -2.33. The van der Waals surface area contributed by atoms with E-state index in [4.69, 9.17) is 9.47 Å². The molecule has 0 fully saturated rings. The molecule has 0 saturated carbocycles. The van der Waals surface area contributed by atoms with Crippen molar-refractivity contribution < 1.29 is 14.3 Å². The van der Waals surface area contributed by atoms with Gasteiger partial charge in [0, 0.05) is 12.2 Å². The van der Waals surface area contributed by atoms with Gasteiger partial charge in [0.2, 0.25) is 0 Å². The zero-order chi connectivity index (χ0) is 21.7. The van der Waals surface area contributed by atoms with Crippen molar-refractivity contribution in [3.63, 3.8) is 0 Å². The van der Waals surface area contributed by atoms with Gasteiger partial charge in [0.15, 0.2) is 6.23 Å². The van der Waals surface area contributed by atoms with Gasteiger partial charge in [-0.2, -0.15) is 0 Å². The smallest absolute Gasteiger partial charge is 0.410 e. The molecule has 1 atom stereocenters. The Morgan fingerprint density at radius 1 is 0.966 bits per heavy atom. The monoisotopic (exact) mass is 397 g/mol. The van der Waals surface area contributed by atoms with Crippen LogP contribution in [0.3, 0.4) is 0 Å². The molecule has 0 N–H and O–H groups in total. The van der Waals surface area contributed by atoms with Crippen molar-refractivity contribution in [2.45, 2.75) is 66.5 Å². The number of para-hydroxylation sites is 1. The molecule has 0 aliphatic rings. The molecule has 0 saturated heterocycles. The van der Waals surface area contributed by atoms with Crippen LogP contribution in [-0.4, -0.2) is 18.9 Å². The standard InChI is InChI=1S/C25H35NO3/c1-8-26(21-12-10-9-11-13-21)19(2)28-23(27)29-22-16-14-20(15-17-22)25(6,7)18-24(3,4)5/h9-17,19H,8,18H2,1-7H3. The van der Waals surface area contributed by atoms with Crippen LogP contribution < -0.4 is 9.64 Å². The minimum absolute atomic E-state index is 0.0448. The summed E-state index contributed by atoms with van der Waals surface area (Å²) in [6.07, 6.45) is -0.0694. The third kappa shape index (κ3) is 6.81. The Morgan fingerprint density at radius 3 is 2.07 bits per heavy atom. The highest BCUT2D eigenvalue weighted by Gasteiger charge is 2.27. The number of hydrogen-bond acceptors (Lipinski definition) is 4. The Hall–Kier alpha value is -2.49. The molecule has 0 heterocycles. The lowest BCUT2D eigenvalue weighted by molar-refractivity contribution is 0.0645. The molecule has 0 aliphatic heterocycles. The fourth-order valence-electron chi connectivity index (χ4n) is 3.99. The van der Waals surface area contributed by atoms with Gasteiger partial charge in [-0.15, -0.1) is 0 Å². The first kappa shape index (κ1) is 22.8. The summed E-state index contributed by atoms with van der Waals surface area (Å²) in [5.74, 6) is 0.486. The number of carbonyl (C=O) groups excluding carboxylic acids is 1. The second-order valence-electron chi connectivity index (χ2n) is 9.34. The number of nitrogens with zero attached hydrogens (tertiary/aromatic N) is 1. The van der Waals surface area contributed by atoms with Crippen LogP contribution in [0.5, 0.6) is 5.75 Å². The molecule has 1 unspecified atom stereocenters. The molecule has 0 spiro atoms. The summed E-state index contributed by atoms with van der Waals surface area (Å²) in [6.45, 7) is 15.8. The fourth-order valence-corrected chi connectivity index (χ4v) is 3.99. The van der Waals surface area contributed by atoms with Gasteiger partial charge in [-0.3, -0.25) is 0 Å². The van der Waals surface area contributed by atoms with E-state index in [0.29, 0.717) is 5.75 Å². The normalized spacial score (nSPS) is 12.9. The van der Waals surface area contributed by atoms with Crippen LogP contribution >= 0.6 is 0 Å². The third-order valence-corrected chi connectivity index (χ3v) is 4.94. The minimum Gasteiger partial charge on any atom is -0.410 e. The second-order valence-corrected chi connectivity index (χ2v) is 9.34. The van der Waals surface area contributed by atoms with E-state index in [1.807, 2.05) is 73.3 Å². The van der Waals surface area contributed by atoms with E-state index < -0.39 is 12.4 Å². The number of ether oxygens (including phenoxy) is 2. The largest absolute Gasteiger partial charge is 0.515 e. The number of anilines is 1. The molecule has 0 aliphatic carbocycles. The van der Waals surface area contributed by atoms with Crippen molar-refractivity contribution in [1.29, 1.82) is 0 Å². The topological polar surface area (TPSA) is 38.8 Å². The molecule has 29 heavy (non-hydrogen) atoms. The SMILES string of the molecule is CCN(c1ccccc1)C(C)OC(=O)Oc1ccc(C(C)(C)CC(C)(C)C)cc1. The van der Waals surface area contributed by atoms with Crippen molar-refractivity contribution in [2.75, 3.05) is 11.4 Å². The fraction of sp³-hybridized carbons (Fsp3) is 0.480. The van der Waals surface area contributed by atoms with E-state index in [2.05, 4.69) is 34.6 Å². The van der Waals surface area contributed by atoms with Crippen molar-refractivity contribution >= 4 is 11.8 Å². The zero-order valence-corrected chi connectivity index (χ0v) is 18.9. The lowest BCUT2D eigenvalue weighted by atomic mass is 9.72. The average molecular weight is 398 g/mol. The summed E-state index contributed by atoms with van der Waals surface area (Å²) >= 11 is 0. The van der Waals surface area contributed by atoms with E-state index in [1.165, 1.54) is 5.56 Å². The molecule has 4 nitrogen and oxygen atoms in total. The lowest BCUT2D eigenvalue weighted by Crippen LogP contribution is -2.37. The van der Waals surface area contributed by atoms with Crippen LogP contribution in [-0.2, 0) is 10.2 Å². The molecule has 0 aromatic heterocycles. The Labute approximate surface area is 175 Å². The summed E-state index contributed by atoms with van der Waals surface area (Å²) in [5, 5.41) is 0. The van der Waals surface area contributed by atoms with Gasteiger partial charge in [-0.05, 0) is 60.9 Å². The van der Waals surface area contributed by atoms with Gasteiger partial charge in [0.1, 0.15) is 5.75 Å². The van der Waals surface area contributed by atoms with E-state index >= 15 is 0 Å². The molecule has 2 aromatic rings. The molecule has 0 radical (unpaired) electrons. The first-order chi connectivity index (χ1) is 13.5. The maximum absolute atomic E-state index is 12.3. The summed E-state index contributed by atoms with van der Waals surface area (Å²) in [6, 6.07) is 17.6. The first-order valence-electron chi connectivity index (χ1n) is 10.3. The van der Waals surface area contributed by atoms with Gasteiger partial charge in [0.05, 0.1) is 0 Å². The van der Waals surface area contributed by atoms with E-state index in [0.717, 1.165) is 18.7 Å². The van der Waals surface area contributed by atoms with E-state index in [9.17, 15) is 4.79 Å². The van der Waals surface area contributed by atoms with E-state index in [-0.39, 0.29) is 10.8 Å². The summed E-state index contributed by atoms with van der Waals surface area (Å²) in [5.41, 5.74) is 2.51. The highest BCUT2D eigenvalue weighted by Crippen LogP contribution is 2.36. The molecular formula is C25H35NO3. The number of carbonyl (C=O) groups is 1. The average Bonchev–Trinajstić information content (AvgIpc) is 2.61. The Balaban J connectivity index is 1.98. The van der Waals surface area contributed by atoms with Gasteiger partial charge in [-0.25, -0.2) is 4.79 Å². The van der Waals surface area contributed by atoms with Crippen molar-refractivity contribution in [3.8, 4) is 5.75 Å². The molecule has 158 valence electrons. The van der Waals surface area contributed by atoms with Crippen LogP contribution in [0.2, 0.25) is 0 Å². The first-order valence-corrected chi connectivity index (χ1v) is 10.3. The summed E-state index contributed by atoms with van der Waals surface area (Å²) in [7, 11) is 0. The Bertz CT molecular complexity index is 776. The molecule has 2 aromatic carbocycles. The van der Waals surface area contributed by atoms with Gasteiger partial charge in [0.25, 0.3) is 0 Å². The van der Waals surface area contributed by atoms with Crippen LogP contribution in [0.4, 0.5) is 10.5 Å². The van der Waals surface area contributed by atoms with Gasteiger partial charge >= 0.3 is 6.16 Å². The maximum atomic E-state index is 12.3. The second kappa shape index (κ2) is 9.34. The molecular weight excluding hydrogens is 362 g/mol. The van der Waals surface area contributed by atoms with Crippen LogP contribution in [0.1, 0.15) is 60.5 Å². The van der Waals surface area contributed by atoms with Crippen molar-refractivity contribution in [1.82, 2.24) is 0 Å². The molecule has 2 rings (SSSR count). The van der Waals surface area contributed by atoms with Crippen molar-refractivity contribution in [2.24, 2.45) is 5.41 Å². The Morgan fingerprint density at radius 2 is 1.55 bits per heavy atom. The third-order valence-electron chi connectivity index (χ3n) is 4.94. The predicted octanol–water partition coefficient (Wildman–Crippen LogP) is 6.79. The molecule has 0 amide bonds. The number of hydrogen-bond donors (Lipinski definition) is 0. The highest BCUT2D eigenvalue weighted by molar-refractivity contribution is 5.64. The summed E-state index contributed by atoms with van der Waals surface area (Å²) < 4.78 is 10.9. The van der Waals surface area contributed by atoms with Crippen LogP contribution in [0, 0.1) is 5.41 Å². The molecule has 0 bridgehead atoms. The van der Waals surface area contributed by atoms with Gasteiger partial charge in [-0.1, -0.05) is 65.0 Å². The summed E-state index contributed by atoms with van der Waals surface area (Å²) in [4.78, 5) is 14.3. The molecule has 4 heteroatoms. The zero-order valence-electron chi connectivity index (χ0n) is 18.9. The van der Waals surface area contributed by atoms with Crippen LogP contribution in [0.25, 0.3) is 0 Å². The van der Waals surface area contributed by atoms with Crippen LogP contribution in [0.15, 0.2) is 54.6 Å². The quantitative estimate of drug-likeness (QED) is 0.293. The minimum atomic E-state index is -0.700. The number of rotatable bonds is 7. The highest BCUT2D eigenvalue weighted by atomic mass is 16.7. The van der Waals surface area contributed by atoms with Gasteiger partial charge < -0.3 is 14.4 Å². The predicted molar refractivity (Wildman–Crippen MR) is 120 cm³/mol. The van der Waals surface area contributed by atoms with Crippen molar-refractivity contribution in [3.05, 3.63) is 60.2 Å². The maximum Gasteiger partial charge on any atom is 0.515 e. The number of benzene rings is 2. The van der Waals surface area contributed by atoms with E-state index in [1.54, 1.807) is 0 Å². The Kier molecular flexibility index (Phi) is 7.34.